The number of fused-ring (bicyclic) bond motifs is 1. The maximum absolute atomic E-state index is 13.6. The number of rotatable bonds is 5. The Hall–Kier alpha value is -2.93. The Morgan fingerprint density at radius 3 is 2.67 bits per heavy atom. The summed E-state index contributed by atoms with van der Waals surface area (Å²) in [7, 11) is 0. The third kappa shape index (κ3) is 3.93. The number of imidazole rings is 1. The van der Waals surface area contributed by atoms with Crippen molar-refractivity contribution >= 4 is 11.6 Å². The summed E-state index contributed by atoms with van der Waals surface area (Å²) < 4.78 is 21.0. The van der Waals surface area contributed by atoms with Gasteiger partial charge in [0.05, 0.1) is 11.9 Å². The van der Waals surface area contributed by atoms with Crippen LogP contribution in [0, 0.1) is 5.82 Å². The van der Waals surface area contributed by atoms with Gasteiger partial charge >= 0.3 is 0 Å². The summed E-state index contributed by atoms with van der Waals surface area (Å²) >= 11 is 0. The predicted molar refractivity (Wildman–Crippen MR) is 98.9 cm³/mol. The molecule has 6 nitrogen and oxygen atoms in total. The van der Waals surface area contributed by atoms with Gasteiger partial charge in [-0.1, -0.05) is 18.2 Å². The van der Waals surface area contributed by atoms with E-state index in [2.05, 4.69) is 14.3 Å². The topological polar surface area (TPSA) is 50.1 Å². The van der Waals surface area contributed by atoms with Crippen LogP contribution in [0.1, 0.15) is 5.69 Å². The molecule has 1 saturated heterocycles. The number of para-hydroxylation sites is 1. The second-order valence-corrected chi connectivity index (χ2v) is 6.55. The highest BCUT2D eigenvalue weighted by Crippen LogP contribution is 2.16. The number of ether oxygens (including phenoxy) is 1. The molecule has 1 fully saturated rings. The first-order valence-electron chi connectivity index (χ1n) is 8.99. The predicted octanol–water partition coefficient (Wildman–Crippen LogP) is 2.20. The van der Waals surface area contributed by atoms with E-state index in [0.29, 0.717) is 13.1 Å². The quantitative estimate of drug-likeness (QED) is 0.693. The van der Waals surface area contributed by atoms with Crippen molar-refractivity contribution in [2.45, 2.75) is 6.54 Å². The van der Waals surface area contributed by atoms with Gasteiger partial charge in [0, 0.05) is 38.9 Å². The largest absolute Gasteiger partial charge is 0.481 e. The van der Waals surface area contributed by atoms with E-state index in [-0.39, 0.29) is 18.3 Å². The zero-order chi connectivity index (χ0) is 18.6. The number of amides is 1. The summed E-state index contributed by atoms with van der Waals surface area (Å²) in [6, 6.07) is 12.1. The molecule has 1 amide bonds. The Morgan fingerprint density at radius 2 is 1.85 bits per heavy atom. The minimum Gasteiger partial charge on any atom is -0.481 e. The molecule has 7 heteroatoms. The van der Waals surface area contributed by atoms with Crippen LogP contribution in [0.2, 0.25) is 0 Å². The minimum absolute atomic E-state index is 0.108. The van der Waals surface area contributed by atoms with Crippen molar-refractivity contribution in [3.05, 3.63) is 66.4 Å². The van der Waals surface area contributed by atoms with Crippen LogP contribution in [0.5, 0.6) is 5.75 Å². The van der Waals surface area contributed by atoms with Crippen LogP contribution in [-0.2, 0) is 11.3 Å². The zero-order valence-electron chi connectivity index (χ0n) is 14.9. The molecule has 1 aliphatic rings. The van der Waals surface area contributed by atoms with Crippen LogP contribution in [-0.4, -0.2) is 57.9 Å². The van der Waals surface area contributed by atoms with E-state index in [0.717, 1.165) is 31.0 Å². The highest BCUT2D eigenvalue weighted by Gasteiger charge is 2.22. The number of carbonyl (C=O) groups excluding carboxylic acids is 1. The van der Waals surface area contributed by atoms with Crippen LogP contribution in [0.15, 0.2) is 54.9 Å². The fourth-order valence-corrected chi connectivity index (χ4v) is 3.28. The Balaban J connectivity index is 1.28. The number of carbonyl (C=O) groups is 1. The van der Waals surface area contributed by atoms with Crippen LogP contribution in [0.3, 0.4) is 0 Å². The first-order valence-corrected chi connectivity index (χ1v) is 8.99. The second kappa shape index (κ2) is 7.75. The first-order chi connectivity index (χ1) is 13.2. The van der Waals surface area contributed by atoms with Crippen molar-refractivity contribution in [3.63, 3.8) is 0 Å². The Bertz CT molecular complexity index is 934. The van der Waals surface area contributed by atoms with Crippen LogP contribution in [0.4, 0.5) is 4.39 Å². The molecule has 0 unspecified atom stereocenters. The molecule has 0 saturated carbocycles. The molecular formula is C20H21FN4O2. The number of aromatic nitrogens is 2. The Morgan fingerprint density at radius 1 is 1.07 bits per heavy atom. The molecule has 4 rings (SSSR count). The number of hydrogen-bond acceptors (Lipinski definition) is 4. The average Bonchev–Trinajstić information content (AvgIpc) is 3.11. The lowest BCUT2D eigenvalue weighted by molar-refractivity contribution is -0.135. The number of pyridine rings is 1. The lowest BCUT2D eigenvalue weighted by Crippen LogP contribution is -2.49. The van der Waals surface area contributed by atoms with Gasteiger partial charge in [0.2, 0.25) is 0 Å². The normalized spacial score (nSPS) is 15.2. The van der Waals surface area contributed by atoms with Gasteiger partial charge in [-0.05, 0) is 24.3 Å². The van der Waals surface area contributed by atoms with E-state index >= 15 is 0 Å². The van der Waals surface area contributed by atoms with Crippen molar-refractivity contribution in [2.75, 3.05) is 32.8 Å². The van der Waals surface area contributed by atoms with Crippen LogP contribution < -0.4 is 4.74 Å². The minimum atomic E-state index is -0.455. The fraction of sp³-hybridized carbons (Fsp3) is 0.300. The molecule has 0 bridgehead atoms. The zero-order valence-corrected chi connectivity index (χ0v) is 14.9. The monoisotopic (exact) mass is 368 g/mol. The van der Waals surface area contributed by atoms with Crippen molar-refractivity contribution in [1.82, 2.24) is 19.2 Å². The molecule has 0 aliphatic carbocycles. The average molecular weight is 368 g/mol. The third-order valence-corrected chi connectivity index (χ3v) is 4.79. The molecule has 140 valence electrons. The van der Waals surface area contributed by atoms with Gasteiger partial charge in [0.15, 0.2) is 18.2 Å². The highest BCUT2D eigenvalue weighted by atomic mass is 19.1. The highest BCUT2D eigenvalue weighted by molar-refractivity contribution is 5.77. The van der Waals surface area contributed by atoms with E-state index in [1.807, 2.05) is 30.6 Å². The summed E-state index contributed by atoms with van der Waals surface area (Å²) in [6.45, 7) is 3.48. The summed E-state index contributed by atoms with van der Waals surface area (Å²) in [4.78, 5) is 20.8. The summed E-state index contributed by atoms with van der Waals surface area (Å²) in [6.07, 6.45) is 3.91. The number of benzene rings is 1. The molecular weight excluding hydrogens is 347 g/mol. The molecule has 1 aromatic carbocycles. The molecule has 3 heterocycles. The summed E-state index contributed by atoms with van der Waals surface area (Å²) in [5.74, 6) is -0.465. The summed E-state index contributed by atoms with van der Waals surface area (Å²) in [5.41, 5.74) is 2.07. The van der Waals surface area contributed by atoms with E-state index in [1.165, 1.54) is 12.1 Å². The summed E-state index contributed by atoms with van der Waals surface area (Å²) in [5, 5.41) is 0. The Kier molecular flexibility index (Phi) is 5.02. The van der Waals surface area contributed by atoms with E-state index in [4.69, 9.17) is 4.74 Å². The molecule has 3 aromatic rings. The molecule has 0 spiro atoms. The molecule has 0 atom stereocenters. The third-order valence-electron chi connectivity index (χ3n) is 4.79. The molecule has 0 N–H and O–H groups in total. The standard InChI is InChI=1S/C20H21FN4O2/c21-17-5-1-2-6-18(17)27-15-20(26)24-11-9-23(10-12-24)14-16-13-22-19-7-3-4-8-25(16)19/h1-8,13H,9-12,14-15H2. The van der Waals surface area contributed by atoms with E-state index in [1.54, 1.807) is 17.0 Å². The van der Waals surface area contributed by atoms with E-state index in [9.17, 15) is 9.18 Å². The lowest BCUT2D eigenvalue weighted by Gasteiger charge is -2.34. The van der Waals surface area contributed by atoms with Crippen molar-refractivity contribution in [1.29, 1.82) is 0 Å². The van der Waals surface area contributed by atoms with Crippen LogP contribution >= 0.6 is 0 Å². The maximum atomic E-state index is 13.6. The molecule has 2 aromatic heterocycles. The number of hydrogen-bond donors (Lipinski definition) is 0. The van der Waals surface area contributed by atoms with Gasteiger partial charge in [-0.25, -0.2) is 9.37 Å². The van der Waals surface area contributed by atoms with Gasteiger partial charge in [-0.3, -0.25) is 9.69 Å². The van der Waals surface area contributed by atoms with E-state index < -0.39 is 5.82 Å². The maximum Gasteiger partial charge on any atom is 0.260 e. The fourth-order valence-electron chi connectivity index (χ4n) is 3.28. The number of halogens is 1. The van der Waals surface area contributed by atoms with Crippen molar-refractivity contribution in [2.24, 2.45) is 0 Å². The molecule has 27 heavy (non-hydrogen) atoms. The number of nitrogens with zero attached hydrogens (tertiary/aromatic N) is 4. The molecule has 0 radical (unpaired) electrons. The smallest absolute Gasteiger partial charge is 0.260 e. The van der Waals surface area contributed by atoms with Gasteiger partial charge in [-0.2, -0.15) is 0 Å². The van der Waals surface area contributed by atoms with Crippen molar-refractivity contribution in [3.8, 4) is 5.75 Å². The van der Waals surface area contributed by atoms with Gasteiger partial charge < -0.3 is 14.0 Å². The van der Waals surface area contributed by atoms with Gasteiger partial charge in [0.1, 0.15) is 5.65 Å². The Labute approximate surface area is 156 Å². The lowest BCUT2D eigenvalue weighted by atomic mass is 10.3. The first kappa shape index (κ1) is 17.5. The van der Waals surface area contributed by atoms with Gasteiger partial charge in [0.25, 0.3) is 5.91 Å². The SMILES string of the molecule is O=C(COc1ccccc1F)N1CCN(Cc2cnc3ccccn23)CC1. The van der Waals surface area contributed by atoms with Gasteiger partial charge in [-0.15, -0.1) is 0 Å². The molecule has 1 aliphatic heterocycles. The van der Waals surface area contributed by atoms with Crippen molar-refractivity contribution < 1.29 is 13.9 Å². The van der Waals surface area contributed by atoms with Crippen LogP contribution in [0.25, 0.3) is 5.65 Å². The number of piperazine rings is 1. The second-order valence-electron chi connectivity index (χ2n) is 6.55.